The van der Waals surface area contributed by atoms with Gasteiger partial charge in [0.05, 0.1) is 5.56 Å². The number of carbonyl (C=O) groups excluding carboxylic acids is 1. The molecule has 0 aliphatic rings. The lowest BCUT2D eigenvalue weighted by Crippen LogP contribution is -2.29. The van der Waals surface area contributed by atoms with Gasteiger partial charge in [-0.25, -0.2) is 0 Å². The van der Waals surface area contributed by atoms with Gasteiger partial charge in [-0.1, -0.05) is 26.7 Å². The maximum absolute atomic E-state index is 11.9. The number of pyridine rings is 1. The molecule has 0 aromatic carbocycles. The number of hydrogen-bond acceptors (Lipinski definition) is 3. The molecule has 17 heavy (non-hydrogen) atoms. The number of anilines is 1. The Kier molecular flexibility index (Phi) is 4.94. The Morgan fingerprint density at radius 1 is 1.47 bits per heavy atom. The van der Waals surface area contributed by atoms with Crippen molar-refractivity contribution >= 4 is 11.6 Å². The largest absolute Gasteiger partial charge is 0.398 e. The summed E-state index contributed by atoms with van der Waals surface area (Å²) in [5.41, 5.74) is 7.56. The molecule has 0 aliphatic heterocycles. The lowest BCUT2D eigenvalue weighted by molar-refractivity contribution is 0.0947. The Bertz CT molecular complexity index is 386. The van der Waals surface area contributed by atoms with Gasteiger partial charge in [0.25, 0.3) is 5.91 Å². The van der Waals surface area contributed by atoms with Crippen molar-refractivity contribution in [1.29, 1.82) is 0 Å². The molecule has 0 fully saturated rings. The van der Waals surface area contributed by atoms with Crippen LogP contribution < -0.4 is 11.1 Å². The van der Waals surface area contributed by atoms with E-state index in [0.717, 1.165) is 18.5 Å². The zero-order valence-corrected chi connectivity index (χ0v) is 10.8. The molecule has 0 saturated carbocycles. The predicted molar refractivity (Wildman–Crippen MR) is 69.8 cm³/mol. The molecule has 1 heterocycles. The molecular formula is C13H21N3O. The molecule has 1 aromatic heterocycles. The van der Waals surface area contributed by atoms with E-state index in [0.29, 0.717) is 23.7 Å². The van der Waals surface area contributed by atoms with E-state index < -0.39 is 0 Å². The SMILES string of the molecule is CCC(CC)CNC(=O)c1cnc(C)cc1N. The van der Waals surface area contributed by atoms with E-state index in [9.17, 15) is 4.79 Å². The highest BCUT2D eigenvalue weighted by Crippen LogP contribution is 2.12. The summed E-state index contributed by atoms with van der Waals surface area (Å²) in [5.74, 6) is 0.389. The van der Waals surface area contributed by atoms with Crippen LogP contribution in [-0.2, 0) is 0 Å². The fraction of sp³-hybridized carbons (Fsp3) is 0.538. The van der Waals surface area contributed by atoms with Gasteiger partial charge in [0, 0.05) is 24.1 Å². The van der Waals surface area contributed by atoms with Gasteiger partial charge in [0.15, 0.2) is 0 Å². The zero-order chi connectivity index (χ0) is 12.8. The van der Waals surface area contributed by atoms with Gasteiger partial charge < -0.3 is 11.1 Å². The molecule has 3 N–H and O–H groups in total. The minimum Gasteiger partial charge on any atom is -0.398 e. The first-order valence-electron chi connectivity index (χ1n) is 6.08. The first-order valence-corrected chi connectivity index (χ1v) is 6.08. The summed E-state index contributed by atoms with van der Waals surface area (Å²) >= 11 is 0. The van der Waals surface area contributed by atoms with Gasteiger partial charge in [-0.15, -0.1) is 0 Å². The van der Waals surface area contributed by atoms with Crippen LogP contribution in [0.3, 0.4) is 0 Å². The van der Waals surface area contributed by atoms with Crippen LogP contribution in [0.25, 0.3) is 0 Å². The van der Waals surface area contributed by atoms with Gasteiger partial charge in [0.1, 0.15) is 0 Å². The average Bonchev–Trinajstić information content (AvgIpc) is 2.30. The van der Waals surface area contributed by atoms with Crippen molar-refractivity contribution in [2.75, 3.05) is 12.3 Å². The molecule has 0 unspecified atom stereocenters. The monoisotopic (exact) mass is 235 g/mol. The number of nitrogen functional groups attached to an aromatic ring is 1. The standard InChI is InChI=1S/C13H21N3O/c1-4-10(5-2)7-16-13(17)11-8-15-9(3)6-12(11)14/h6,8,10H,4-5,7H2,1-3H3,(H2,14,15)(H,16,17). The first kappa shape index (κ1) is 13.5. The van der Waals surface area contributed by atoms with E-state index in [1.165, 1.54) is 6.20 Å². The van der Waals surface area contributed by atoms with Crippen LogP contribution in [0.4, 0.5) is 5.69 Å². The van der Waals surface area contributed by atoms with Crippen LogP contribution in [0, 0.1) is 12.8 Å². The third-order valence-corrected chi connectivity index (χ3v) is 3.02. The Morgan fingerprint density at radius 2 is 2.12 bits per heavy atom. The second-order valence-electron chi connectivity index (χ2n) is 4.31. The molecule has 4 nitrogen and oxygen atoms in total. The van der Waals surface area contributed by atoms with E-state index in [2.05, 4.69) is 24.1 Å². The van der Waals surface area contributed by atoms with E-state index in [1.807, 2.05) is 6.92 Å². The van der Waals surface area contributed by atoms with Gasteiger partial charge in [-0.3, -0.25) is 9.78 Å². The maximum atomic E-state index is 11.9. The summed E-state index contributed by atoms with van der Waals surface area (Å²) in [7, 11) is 0. The number of hydrogen-bond donors (Lipinski definition) is 2. The van der Waals surface area contributed by atoms with Crippen molar-refractivity contribution in [3.05, 3.63) is 23.5 Å². The molecule has 0 saturated heterocycles. The molecule has 0 aliphatic carbocycles. The summed E-state index contributed by atoms with van der Waals surface area (Å²) in [4.78, 5) is 16.0. The van der Waals surface area contributed by atoms with Crippen LogP contribution in [0.15, 0.2) is 12.3 Å². The average molecular weight is 235 g/mol. The first-order chi connectivity index (χ1) is 8.08. The molecule has 0 spiro atoms. The Balaban J connectivity index is 2.64. The summed E-state index contributed by atoms with van der Waals surface area (Å²) in [5, 5.41) is 2.90. The van der Waals surface area contributed by atoms with Crippen molar-refractivity contribution in [2.45, 2.75) is 33.6 Å². The molecule has 1 aromatic rings. The summed E-state index contributed by atoms with van der Waals surface area (Å²) < 4.78 is 0. The molecule has 1 amide bonds. The van der Waals surface area contributed by atoms with E-state index in [4.69, 9.17) is 5.73 Å². The number of nitrogens with two attached hydrogens (primary N) is 1. The molecular weight excluding hydrogens is 214 g/mol. The van der Waals surface area contributed by atoms with Crippen LogP contribution in [-0.4, -0.2) is 17.4 Å². The number of amides is 1. The number of aryl methyl sites for hydroxylation is 1. The number of aromatic nitrogens is 1. The highest BCUT2D eigenvalue weighted by Gasteiger charge is 2.11. The van der Waals surface area contributed by atoms with Crippen LogP contribution in [0.5, 0.6) is 0 Å². The minimum atomic E-state index is -0.137. The highest BCUT2D eigenvalue weighted by atomic mass is 16.1. The smallest absolute Gasteiger partial charge is 0.254 e. The van der Waals surface area contributed by atoms with Gasteiger partial charge in [-0.05, 0) is 18.9 Å². The van der Waals surface area contributed by atoms with E-state index in [-0.39, 0.29) is 5.91 Å². The fourth-order valence-corrected chi connectivity index (χ4v) is 1.68. The minimum absolute atomic E-state index is 0.137. The number of rotatable bonds is 5. The van der Waals surface area contributed by atoms with Crippen LogP contribution in [0.2, 0.25) is 0 Å². The number of nitrogens with one attached hydrogen (secondary N) is 1. The third-order valence-electron chi connectivity index (χ3n) is 3.02. The molecule has 1 rings (SSSR count). The molecule has 94 valence electrons. The lowest BCUT2D eigenvalue weighted by atomic mass is 10.0. The predicted octanol–water partition coefficient (Wildman–Crippen LogP) is 2.14. The van der Waals surface area contributed by atoms with E-state index >= 15 is 0 Å². The van der Waals surface area contributed by atoms with Gasteiger partial charge in [-0.2, -0.15) is 0 Å². The lowest BCUT2D eigenvalue weighted by Gasteiger charge is -2.13. The van der Waals surface area contributed by atoms with Crippen molar-refractivity contribution in [2.24, 2.45) is 5.92 Å². The van der Waals surface area contributed by atoms with Crippen molar-refractivity contribution in [3.8, 4) is 0 Å². The van der Waals surface area contributed by atoms with Crippen LogP contribution in [0.1, 0.15) is 42.7 Å². The summed E-state index contributed by atoms with van der Waals surface area (Å²) in [6.07, 6.45) is 3.67. The van der Waals surface area contributed by atoms with Crippen molar-refractivity contribution in [3.63, 3.8) is 0 Å². The van der Waals surface area contributed by atoms with Crippen LogP contribution >= 0.6 is 0 Å². The normalized spacial score (nSPS) is 10.6. The second-order valence-corrected chi connectivity index (χ2v) is 4.31. The van der Waals surface area contributed by atoms with E-state index in [1.54, 1.807) is 6.07 Å². The zero-order valence-electron chi connectivity index (χ0n) is 10.8. The van der Waals surface area contributed by atoms with Crippen molar-refractivity contribution < 1.29 is 4.79 Å². The topological polar surface area (TPSA) is 68.0 Å². The van der Waals surface area contributed by atoms with Gasteiger partial charge >= 0.3 is 0 Å². The molecule has 0 bridgehead atoms. The Hall–Kier alpha value is -1.58. The number of carbonyl (C=O) groups is 1. The summed E-state index contributed by atoms with van der Waals surface area (Å²) in [6.45, 7) is 6.80. The Morgan fingerprint density at radius 3 is 2.65 bits per heavy atom. The molecule has 0 radical (unpaired) electrons. The maximum Gasteiger partial charge on any atom is 0.254 e. The van der Waals surface area contributed by atoms with Crippen molar-refractivity contribution in [1.82, 2.24) is 10.3 Å². The molecule has 4 heteroatoms. The Labute approximate surface area is 103 Å². The highest BCUT2D eigenvalue weighted by molar-refractivity contribution is 5.98. The van der Waals surface area contributed by atoms with Gasteiger partial charge in [0.2, 0.25) is 0 Å². The summed E-state index contributed by atoms with van der Waals surface area (Å²) in [6, 6.07) is 1.71. The third kappa shape index (κ3) is 3.73. The second kappa shape index (κ2) is 6.23. The number of nitrogens with zero attached hydrogens (tertiary/aromatic N) is 1. The fourth-order valence-electron chi connectivity index (χ4n) is 1.68. The molecule has 0 atom stereocenters. The quantitative estimate of drug-likeness (QED) is 0.821.